The van der Waals surface area contributed by atoms with Gasteiger partial charge in [-0.15, -0.1) is 0 Å². The molecule has 1 saturated carbocycles. The van der Waals surface area contributed by atoms with Crippen LogP contribution in [-0.4, -0.2) is 55.7 Å². The summed E-state index contributed by atoms with van der Waals surface area (Å²) in [6, 6.07) is 15.4. The molecule has 1 aliphatic heterocycles. The summed E-state index contributed by atoms with van der Waals surface area (Å²) in [6.45, 7) is -0.650. The number of hydrogen-bond donors (Lipinski definition) is 1. The number of halogens is 2. The van der Waals surface area contributed by atoms with E-state index in [9.17, 15) is 13.6 Å². The first-order valence-electron chi connectivity index (χ1n) is 11.5. The predicted molar refractivity (Wildman–Crippen MR) is 123 cm³/mol. The standard InChI is InChI=1S/C25H31F2N3O3/c26-25(27)33-22-11-10-19(15-23(22)32-21-8-4-5-9-21)29-12-13-30(17-24(28)31)20(16-29)14-18-6-2-1-3-7-18/h1-3,6-7,10-11,15,20-21,25H,4-5,8-9,12-14,16-17H2,(H2,28,31)/t20-/m0/s1. The van der Waals surface area contributed by atoms with Gasteiger partial charge in [0.05, 0.1) is 12.6 Å². The molecule has 33 heavy (non-hydrogen) atoms. The number of piperazine rings is 1. The van der Waals surface area contributed by atoms with E-state index in [1.807, 2.05) is 18.2 Å². The third kappa shape index (κ3) is 6.35. The molecule has 1 aliphatic carbocycles. The molecule has 2 fully saturated rings. The monoisotopic (exact) mass is 459 g/mol. The molecule has 0 unspecified atom stereocenters. The molecule has 2 aromatic rings. The number of amides is 1. The minimum atomic E-state index is -2.91. The van der Waals surface area contributed by atoms with Crippen LogP contribution in [0.4, 0.5) is 14.5 Å². The zero-order valence-corrected chi connectivity index (χ0v) is 18.7. The lowest BCUT2D eigenvalue weighted by Crippen LogP contribution is -2.56. The van der Waals surface area contributed by atoms with Gasteiger partial charge in [0.15, 0.2) is 11.5 Å². The number of rotatable bonds is 9. The van der Waals surface area contributed by atoms with Crippen LogP contribution in [-0.2, 0) is 11.2 Å². The average molecular weight is 460 g/mol. The minimum Gasteiger partial charge on any atom is -0.486 e. The molecule has 6 nitrogen and oxygen atoms in total. The maximum atomic E-state index is 12.9. The summed E-state index contributed by atoms with van der Waals surface area (Å²) in [7, 11) is 0. The molecule has 1 amide bonds. The van der Waals surface area contributed by atoms with E-state index in [0.29, 0.717) is 25.4 Å². The fraction of sp³-hybridized carbons (Fsp3) is 0.480. The number of ether oxygens (including phenoxy) is 2. The van der Waals surface area contributed by atoms with E-state index in [1.165, 1.54) is 5.56 Å². The van der Waals surface area contributed by atoms with Crippen molar-refractivity contribution in [1.29, 1.82) is 0 Å². The van der Waals surface area contributed by atoms with Crippen molar-refractivity contribution < 1.29 is 23.0 Å². The summed E-state index contributed by atoms with van der Waals surface area (Å²) in [5.74, 6) is 0.0787. The normalized spacial score (nSPS) is 19.7. The molecule has 2 N–H and O–H groups in total. The highest BCUT2D eigenvalue weighted by atomic mass is 19.3. The predicted octanol–water partition coefficient (Wildman–Crippen LogP) is 3.83. The van der Waals surface area contributed by atoms with Crippen LogP contribution in [0.1, 0.15) is 31.2 Å². The first kappa shape index (κ1) is 23.3. The number of nitrogens with two attached hydrogens (primary N) is 1. The fourth-order valence-corrected chi connectivity index (χ4v) is 4.78. The number of carbonyl (C=O) groups is 1. The van der Waals surface area contributed by atoms with Gasteiger partial charge in [0, 0.05) is 37.4 Å². The summed E-state index contributed by atoms with van der Waals surface area (Å²) >= 11 is 0. The zero-order chi connectivity index (χ0) is 23.2. The molecular formula is C25H31F2N3O3. The molecule has 0 bridgehead atoms. The molecule has 0 radical (unpaired) electrons. The average Bonchev–Trinajstić information content (AvgIpc) is 3.29. The summed E-state index contributed by atoms with van der Waals surface area (Å²) in [4.78, 5) is 16.0. The summed E-state index contributed by atoms with van der Waals surface area (Å²) in [5.41, 5.74) is 7.57. The van der Waals surface area contributed by atoms with Gasteiger partial charge in [-0.1, -0.05) is 30.3 Å². The van der Waals surface area contributed by atoms with Gasteiger partial charge in [-0.25, -0.2) is 0 Å². The molecule has 8 heteroatoms. The second-order valence-electron chi connectivity index (χ2n) is 8.76. The van der Waals surface area contributed by atoms with E-state index in [1.54, 1.807) is 18.2 Å². The highest BCUT2D eigenvalue weighted by molar-refractivity contribution is 5.76. The highest BCUT2D eigenvalue weighted by Crippen LogP contribution is 2.36. The Kier molecular flexibility index (Phi) is 7.65. The lowest BCUT2D eigenvalue weighted by Gasteiger charge is -2.42. The third-order valence-electron chi connectivity index (χ3n) is 6.38. The highest BCUT2D eigenvalue weighted by Gasteiger charge is 2.29. The van der Waals surface area contributed by atoms with E-state index >= 15 is 0 Å². The topological polar surface area (TPSA) is 68.0 Å². The number of carbonyl (C=O) groups excluding carboxylic acids is 1. The van der Waals surface area contributed by atoms with Crippen molar-refractivity contribution >= 4 is 11.6 Å². The van der Waals surface area contributed by atoms with Gasteiger partial charge in [0.1, 0.15) is 0 Å². The van der Waals surface area contributed by atoms with Crippen molar-refractivity contribution in [2.75, 3.05) is 31.1 Å². The molecule has 178 valence electrons. The lowest BCUT2D eigenvalue weighted by atomic mass is 10.0. The van der Waals surface area contributed by atoms with Crippen molar-refractivity contribution in [3.8, 4) is 11.5 Å². The molecule has 0 aromatic heterocycles. The van der Waals surface area contributed by atoms with Gasteiger partial charge in [-0.3, -0.25) is 9.69 Å². The number of primary amides is 1. The van der Waals surface area contributed by atoms with Crippen LogP contribution in [0.3, 0.4) is 0 Å². The number of anilines is 1. The Morgan fingerprint density at radius 3 is 2.52 bits per heavy atom. The van der Waals surface area contributed by atoms with Crippen molar-refractivity contribution in [3.05, 3.63) is 54.1 Å². The Morgan fingerprint density at radius 2 is 1.82 bits per heavy atom. The number of nitrogens with zero attached hydrogens (tertiary/aromatic N) is 2. The number of benzene rings is 2. The Morgan fingerprint density at radius 1 is 1.06 bits per heavy atom. The molecule has 1 atom stereocenters. The maximum absolute atomic E-state index is 12.9. The number of alkyl halides is 2. The first-order chi connectivity index (χ1) is 16.0. The first-order valence-corrected chi connectivity index (χ1v) is 11.5. The van der Waals surface area contributed by atoms with Crippen LogP contribution in [0.25, 0.3) is 0 Å². The molecule has 1 saturated heterocycles. The smallest absolute Gasteiger partial charge is 0.387 e. The van der Waals surface area contributed by atoms with Crippen molar-refractivity contribution in [2.45, 2.75) is 50.9 Å². The molecular weight excluding hydrogens is 428 g/mol. The summed E-state index contributed by atoms with van der Waals surface area (Å²) in [6.07, 6.45) is 4.81. The lowest BCUT2D eigenvalue weighted by molar-refractivity contribution is -0.119. The maximum Gasteiger partial charge on any atom is 0.387 e. The van der Waals surface area contributed by atoms with Gasteiger partial charge in [0.25, 0.3) is 0 Å². The van der Waals surface area contributed by atoms with E-state index in [4.69, 9.17) is 15.2 Å². The largest absolute Gasteiger partial charge is 0.486 e. The Labute approximate surface area is 193 Å². The van der Waals surface area contributed by atoms with Crippen LogP contribution in [0.5, 0.6) is 11.5 Å². The molecule has 0 spiro atoms. The molecule has 2 aliphatic rings. The van der Waals surface area contributed by atoms with E-state index in [0.717, 1.165) is 37.8 Å². The van der Waals surface area contributed by atoms with Gasteiger partial charge >= 0.3 is 6.61 Å². The van der Waals surface area contributed by atoms with E-state index in [-0.39, 0.29) is 30.3 Å². The Hall–Kier alpha value is -2.87. The van der Waals surface area contributed by atoms with Crippen LogP contribution in [0.2, 0.25) is 0 Å². The minimum absolute atomic E-state index is 0.0264. The Bertz CT molecular complexity index is 922. The van der Waals surface area contributed by atoms with E-state index < -0.39 is 6.61 Å². The van der Waals surface area contributed by atoms with Crippen molar-refractivity contribution in [2.24, 2.45) is 5.73 Å². The van der Waals surface area contributed by atoms with Gasteiger partial charge in [-0.2, -0.15) is 8.78 Å². The number of hydrogen-bond acceptors (Lipinski definition) is 5. The summed E-state index contributed by atoms with van der Waals surface area (Å²) < 4.78 is 36.7. The fourth-order valence-electron chi connectivity index (χ4n) is 4.78. The quantitative estimate of drug-likeness (QED) is 0.617. The van der Waals surface area contributed by atoms with E-state index in [2.05, 4.69) is 21.9 Å². The SMILES string of the molecule is NC(=O)CN1CCN(c2ccc(OC(F)F)c(OC3CCCC3)c2)C[C@@H]1Cc1ccccc1. The van der Waals surface area contributed by atoms with Crippen LogP contribution >= 0.6 is 0 Å². The van der Waals surface area contributed by atoms with Crippen LogP contribution < -0.4 is 20.1 Å². The Balaban J connectivity index is 1.54. The van der Waals surface area contributed by atoms with Crippen molar-refractivity contribution in [3.63, 3.8) is 0 Å². The van der Waals surface area contributed by atoms with Gasteiger partial charge in [-0.05, 0) is 49.8 Å². The molecule has 2 aromatic carbocycles. The van der Waals surface area contributed by atoms with Gasteiger partial charge < -0.3 is 20.1 Å². The second kappa shape index (κ2) is 10.8. The zero-order valence-electron chi connectivity index (χ0n) is 18.7. The van der Waals surface area contributed by atoms with Gasteiger partial charge in [0.2, 0.25) is 5.91 Å². The second-order valence-corrected chi connectivity index (χ2v) is 8.76. The molecule has 4 rings (SSSR count). The van der Waals surface area contributed by atoms with Crippen LogP contribution in [0, 0.1) is 0 Å². The third-order valence-corrected chi connectivity index (χ3v) is 6.38. The van der Waals surface area contributed by atoms with Crippen molar-refractivity contribution in [1.82, 2.24) is 4.90 Å². The summed E-state index contributed by atoms with van der Waals surface area (Å²) in [5, 5.41) is 0. The van der Waals surface area contributed by atoms with Crippen LogP contribution in [0.15, 0.2) is 48.5 Å². The molecule has 1 heterocycles.